The van der Waals surface area contributed by atoms with E-state index in [1.807, 2.05) is 0 Å². The first-order valence-electron chi connectivity index (χ1n) is 8.85. The maximum atomic E-state index is 2.59. The molecule has 120 valence electrons. The highest BCUT2D eigenvalue weighted by Crippen LogP contribution is 2.36. The van der Waals surface area contributed by atoms with Crippen LogP contribution in [-0.4, -0.2) is 6.54 Å². The molecule has 4 rings (SSSR count). The molecule has 1 aliphatic rings. The highest BCUT2D eigenvalue weighted by Gasteiger charge is 2.26. The van der Waals surface area contributed by atoms with Crippen LogP contribution >= 0.6 is 0 Å². The smallest absolute Gasteiger partial charge is 0.0548 e. The van der Waals surface area contributed by atoms with Crippen molar-refractivity contribution in [3.05, 3.63) is 102 Å². The lowest BCUT2D eigenvalue weighted by Crippen LogP contribution is -2.35. The van der Waals surface area contributed by atoms with Gasteiger partial charge < -0.3 is 4.90 Å². The second-order valence-corrected chi connectivity index (χ2v) is 6.52. The predicted octanol–water partition coefficient (Wildman–Crippen LogP) is 5.42. The topological polar surface area (TPSA) is 3.24 Å². The average Bonchev–Trinajstić information content (AvgIpc) is 2.67. The van der Waals surface area contributed by atoms with Crippen LogP contribution in [0, 0.1) is 0 Å². The Morgan fingerprint density at radius 3 is 2.21 bits per heavy atom. The SMILES string of the molecule is c1ccc(CCC2c3ccccc3CCN2c2ccccc2)cc1. The van der Waals surface area contributed by atoms with Crippen LogP contribution < -0.4 is 4.90 Å². The van der Waals surface area contributed by atoms with E-state index in [4.69, 9.17) is 0 Å². The zero-order valence-corrected chi connectivity index (χ0v) is 13.9. The third-order valence-corrected chi connectivity index (χ3v) is 5.05. The molecular formula is C23H23N. The van der Waals surface area contributed by atoms with E-state index in [-0.39, 0.29) is 0 Å². The van der Waals surface area contributed by atoms with Crippen LogP contribution in [0.2, 0.25) is 0 Å². The maximum absolute atomic E-state index is 2.59. The molecule has 0 saturated heterocycles. The summed E-state index contributed by atoms with van der Waals surface area (Å²) >= 11 is 0. The summed E-state index contributed by atoms with van der Waals surface area (Å²) in [4.78, 5) is 2.59. The van der Waals surface area contributed by atoms with E-state index in [2.05, 4.69) is 89.8 Å². The Bertz CT molecular complexity index is 779. The number of benzene rings is 3. The van der Waals surface area contributed by atoms with Crippen LogP contribution in [0.15, 0.2) is 84.9 Å². The van der Waals surface area contributed by atoms with Gasteiger partial charge in [0.25, 0.3) is 0 Å². The van der Waals surface area contributed by atoms with E-state index < -0.39 is 0 Å². The summed E-state index contributed by atoms with van der Waals surface area (Å²) in [5.41, 5.74) is 5.78. The van der Waals surface area contributed by atoms with Crippen molar-refractivity contribution in [1.29, 1.82) is 0 Å². The van der Waals surface area contributed by atoms with Gasteiger partial charge in [0.15, 0.2) is 0 Å². The van der Waals surface area contributed by atoms with Crippen molar-refractivity contribution in [2.75, 3.05) is 11.4 Å². The van der Waals surface area contributed by atoms with Gasteiger partial charge in [-0.05, 0) is 48.1 Å². The lowest BCUT2D eigenvalue weighted by Gasteiger charge is -2.39. The van der Waals surface area contributed by atoms with Crippen LogP contribution in [0.1, 0.15) is 29.2 Å². The molecule has 1 unspecified atom stereocenters. The van der Waals surface area contributed by atoms with E-state index in [1.165, 1.54) is 22.4 Å². The highest BCUT2D eigenvalue weighted by molar-refractivity contribution is 5.52. The number of hydrogen-bond donors (Lipinski definition) is 0. The monoisotopic (exact) mass is 313 g/mol. The van der Waals surface area contributed by atoms with Crippen molar-refractivity contribution in [3.63, 3.8) is 0 Å². The van der Waals surface area contributed by atoms with Crippen molar-refractivity contribution < 1.29 is 0 Å². The molecular weight excluding hydrogens is 290 g/mol. The van der Waals surface area contributed by atoms with Gasteiger partial charge in [0.1, 0.15) is 0 Å². The van der Waals surface area contributed by atoms with Crippen molar-refractivity contribution >= 4 is 5.69 Å². The van der Waals surface area contributed by atoms with Gasteiger partial charge in [0.05, 0.1) is 6.04 Å². The van der Waals surface area contributed by atoms with Gasteiger partial charge in [-0.25, -0.2) is 0 Å². The third kappa shape index (κ3) is 3.07. The van der Waals surface area contributed by atoms with E-state index in [1.54, 1.807) is 0 Å². The van der Waals surface area contributed by atoms with Gasteiger partial charge in [-0.3, -0.25) is 0 Å². The number of aryl methyl sites for hydroxylation is 1. The summed E-state index contributed by atoms with van der Waals surface area (Å²) < 4.78 is 0. The summed E-state index contributed by atoms with van der Waals surface area (Å²) in [6.45, 7) is 1.10. The number of nitrogens with zero attached hydrogens (tertiary/aromatic N) is 1. The molecule has 1 aliphatic heterocycles. The Hall–Kier alpha value is -2.54. The Morgan fingerprint density at radius 1 is 0.750 bits per heavy atom. The largest absolute Gasteiger partial charge is 0.364 e. The Balaban J connectivity index is 1.64. The highest BCUT2D eigenvalue weighted by atomic mass is 15.2. The normalized spacial score (nSPS) is 16.7. The molecule has 0 bridgehead atoms. The number of para-hydroxylation sites is 1. The minimum absolute atomic E-state index is 0.456. The van der Waals surface area contributed by atoms with Gasteiger partial charge in [0.2, 0.25) is 0 Å². The summed E-state index contributed by atoms with van der Waals surface area (Å²) in [5.74, 6) is 0. The molecule has 0 amide bonds. The van der Waals surface area contributed by atoms with Gasteiger partial charge in [-0.1, -0.05) is 72.8 Å². The van der Waals surface area contributed by atoms with E-state index >= 15 is 0 Å². The number of rotatable bonds is 4. The van der Waals surface area contributed by atoms with Crippen LogP contribution in [0.4, 0.5) is 5.69 Å². The minimum atomic E-state index is 0.456. The standard InChI is InChI=1S/C23H23N/c1-3-9-19(10-4-1)15-16-23-22-14-8-7-11-20(22)17-18-24(23)21-12-5-2-6-13-21/h1-14,23H,15-18H2. The van der Waals surface area contributed by atoms with Crippen molar-refractivity contribution in [2.24, 2.45) is 0 Å². The molecule has 3 aromatic rings. The molecule has 1 atom stereocenters. The van der Waals surface area contributed by atoms with E-state index in [9.17, 15) is 0 Å². The molecule has 1 heteroatoms. The molecule has 3 aromatic carbocycles. The number of hydrogen-bond acceptors (Lipinski definition) is 1. The quantitative estimate of drug-likeness (QED) is 0.621. The fourth-order valence-corrected chi connectivity index (χ4v) is 3.84. The molecule has 1 heterocycles. The first-order chi connectivity index (χ1) is 11.9. The molecule has 24 heavy (non-hydrogen) atoms. The van der Waals surface area contributed by atoms with E-state index in [0.717, 1.165) is 25.8 Å². The molecule has 0 aromatic heterocycles. The third-order valence-electron chi connectivity index (χ3n) is 5.05. The fourth-order valence-electron chi connectivity index (χ4n) is 3.84. The van der Waals surface area contributed by atoms with Gasteiger partial charge in [-0.15, -0.1) is 0 Å². The second kappa shape index (κ2) is 6.92. The van der Waals surface area contributed by atoms with Crippen molar-refractivity contribution in [2.45, 2.75) is 25.3 Å². The lowest BCUT2D eigenvalue weighted by atomic mass is 9.88. The maximum Gasteiger partial charge on any atom is 0.0548 e. The zero-order valence-electron chi connectivity index (χ0n) is 13.9. The Morgan fingerprint density at radius 2 is 1.42 bits per heavy atom. The molecule has 0 spiro atoms. The van der Waals surface area contributed by atoms with Gasteiger partial charge in [-0.2, -0.15) is 0 Å². The Kier molecular flexibility index (Phi) is 4.33. The number of fused-ring (bicyclic) bond motifs is 1. The minimum Gasteiger partial charge on any atom is -0.364 e. The second-order valence-electron chi connectivity index (χ2n) is 6.52. The molecule has 0 saturated carbocycles. The summed E-state index contributed by atoms with van der Waals surface area (Å²) in [6.07, 6.45) is 3.39. The molecule has 0 aliphatic carbocycles. The van der Waals surface area contributed by atoms with Crippen LogP contribution in [0.3, 0.4) is 0 Å². The predicted molar refractivity (Wildman–Crippen MR) is 101 cm³/mol. The van der Waals surface area contributed by atoms with Crippen LogP contribution in [0.25, 0.3) is 0 Å². The molecule has 0 N–H and O–H groups in total. The fraction of sp³-hybridized carbons (Fsp3) is 0.217. The van der Waals surface area contributed by atoms with Crippen LogP contribution in [-0.2, 0) is 12.8 Å². The van der Waals surface area contributed by atoms with E-state index in [0.29, 0.717) is 6.04 Å². The first-order valence-corrected chi connectivity index (χ1v) is 8.85. The zero-order chi connectivity index (χ0) is 16.2. The first kappa shape index (κ1) is 15.0. The van der Waals surface area contributed by atoms with Crippen molar-refractivity contribution in [3.8, 4) is 0 Å². The average molecular weight is 313 g/mol. The molecule has 1 nitrogen and oxygen atoms in total. The Labute approximate surface area is 144 Å². The number of anilines is 1. The van der Waals surface area contributed by atoms with Crippen molar-refractivity contribution in [1.82, 2.24) is 0 Å². The van der Waals surface area contributed by atoms with Crippen LogP contribution in [0.5, 0.6) is 0 Å². The van der Waals surface area contributed by atoms with Gasteiger partial charge >= 0.3 is 0 Å². The lowest BCUT2D eigenvalue weighted by molar-refractivity contribution is 0.545. The molecule has 0 radical (unpaired) electrons. The summed E-state index contributed by atoms with van der Waals surface area (Å²) in [7, 11) is 0. The summed E-state index contributed by atoms with van der Waals surface area (Å²) in [5, 5.41) is 0. The summed E-state index contributed by atoms with van der Waals surface area (Å²) in [6, 6.07) is 31.1. The molecule has 0 fully saturated rings. The van der Waals surface area contributed by atoms with Gasteiger partial charge in [0, 0.05) is 12.2 Å².